The Morgan fingerprint density at radius 3 is 2.56 bits per heavy atom. The number of carbonyl (C=O) groups is 1. The molecule has 2 aromatic rings. The maximum Gasteiger partial charge on any atom is 0.417 e. The number of carbonyl (C=O) groups excluding carboxylic acids is 1. The molecule has 0 aliphatic carbocycles. The van der Waals surface area contributed by atoms with Gasteiger partial charge in [0, 0.05) is 0 Å². The van der Waals surface area contributed by atoms with Gasteiger partial charge in [0.1, 0.15) is 11.6 Å². The lowest BCUT2D eigenvalue weighted by Gasteiger charge is -2.07. The number of amides is 1. The summed E-state index contributed by atoms with van der Waals surface area (Å²) in [6.07, 6.45) is -0.685. The molecule has 0 bridgehead atoms. The number of halogens is 2. The Morgan fingerprint density at radius 1 is 1.17 bits per heavy atom. The molecule has 0 aliphatic rings. The summed E-state index contributed by atoms with van der Waals surface area (Å²) >= 11 is 5.77. The van der Waals surface area contributed by atoms with E-state index in [1.165, 1.54) is 12.1 Å². The largest absolute Gasteiger partial charge is 0.417 e. The first kappa shape index (κ1) is 12.4. The van der Waals surface area contributed by atoms with E-state index < -0.39 is 11.9 Å². The van der Waals surface area contributed by atoms with Crippen molar-refractivity contribution in [3.63, 3.8) is 0 Å². The molecule has 0 saturated heterocycles. The molecule has 0 spiro atoms. The van der Waals surface area contributed by atoms with E-state index in [4.69, 9.17) is 16.3 Å². The zero-order valence-electron chi connectivity index (χ0n) is 9.19. The molecule has 1 N–H and O–H groups in total. The van der Waals surface area contributed by atoms with Crippen molar-refractivity contribution in [3.05, 3.63) is 59.4 Å². The second-order valence-corrected chi connectivity index (χ2v) is 3.86. The van der Waals surface area contributed by atoms with Gasteiger partial charge in [0.25, 0.3) is 0 Å². The Bertz CT molecular complexity index is 560. The maximum atomic E-state index is 12.8. The van der Waals surface area contributed by atoms with Gasteiger partial charge in [-0.3, -0.25) is 5.32 Å². The van der Waals surface area contributed by atoms with E-state index in [9.17, 15) is 9.18 Å². The quantitative estimate of drug-likeness (QED) is 0.888. The van der Waals surface area contributed by atoms with Crippen LogP contribution in [0, 0.1) is 5.82 Å². The van der Waals surface area contributed by atoms with Crippen LogP contribution >= 0.6 is 11.6 Å². The molecule has 2 rings (SSSR count). The fourth-order valence-electron chi connectivity index (χ4n) is 1.32. The van der Waals surface area contributed by atoms with Crippen molar-refractivity contribution in [2.24, 2.45) is 0 Å². The third-order valence-electron chi connectivity index (χ3n) is 2.12. The Labute approximate surface area is 108 Å². The van der Waals surface area contributed by atoms with Crippen LogP contribution in [0.2, 0.25) is 5.02 Å². The Kier molecular flexibility index (Phi) is 3.79. The summed E-state index contributed by atoms with van der Waals surface area (Å²) in [5, 5.41) is 2.54. The van der Waals surface area contributed by atoms with Gasteiger partial charge in [0.15, 0.2) is 0 Å². The lowest BCUT2D eigenvalue weighted by atomic mass is 10.3. The smallest absolute Gasteiger partial charge is 0.410 e. The highest BCUT2D eigenvalue weighted by Gasteiger charge is 2.08. The summed E-state index contributed by atoms with van der Waals surface area (Å²) in [5.74, 6) is -0.0600. The lowest BCUT2D eigenvalue weighted by Crippen LogP contribution is -2.16. The van der Waals surface area contributed by atoms with Gasteiger partial charge in [-0.05, 0) is 30.3 Å². The second-order valence-electron chi connectivity index (χ2n) is 3.45. The maximum absolute atomic E-state index is 12.8. The Hall–Kier alpha value is -2.07. The molecule has 3 nitrogen and oxygen atoms in total. The molecule has 92 valence electrons. The molecule has 5 heteroatoms. The highest BCUT2D eigenvalue weighted by atomic mass is 35.5. The normalized spacial score (nSPS) is 9.89. The summed E-state index contributed by atoms with van der Waals surface area (Å²) in [6.45, 7) is 0. The van der Waals surface area contributed by atoms with Gasteiger partial charge in [-0.2, -0.15) is 0 Å². The van der Waals surface area contributed by atoms with Crippen LogP contribution in [0.25, 0.3) is 0 Å². The summed E-state index contributed by atoms with van der Waals surface area (Å²) in [4.78, 5) is 11.5. The summed E-state index contributed by atoms with van der Waals surface area (Å²) in [5.41, 5.74) is 0.291. The van der Waals surface area contributed by atoms with Gasteiger partial charge in [0.2, 0.25) is 0 Å². The lowest BCUT2D eigenvalue weighted by molar-refractivity contribution is 0.215. The van der Waals surface area contributed by atoms with Crippen molar-refractivity contribution >= 4 is 23.4 Å². The van der Waals surface area contributed by atoms with Crippen LogP contribution in [-0.2, 0) is 0 Å². The number of hydrogen-bond donors (Lipinski definition) is 1. The zero-order chi connectivity index (χ0) is 13.0. The Morgan fingerprint density at radius 2 is 1.89 bits per heavy atom. The minimum atomic E-state index is -0.685. The van der Waals surface area contributed by atoms with Crippen molar-refractivity contribution in [1.82, 2.24) is 0 Å². The van der Waals surface area contributed by atoms with Gasteiger partial charge < -0.3 is 4.74 Å². The average Bonchev–Trinajstić information content (AvgIpc) is 2.34. The molecule has 0 radical (unpaired) electrons. The summed E-state index contributed by atoms with van der Waals surface area (Å²) < 4.78 is 17.8. The molecule has 0 heterocycles. The van der Waals surface area contributed by atoms with Crippen LogP contribution in [0.15, 0.2) is 48.5 Å². The average molecular weight is 266 g/mol. The highest BCUT2D eigenvalue weighted by Crippen LogP contribution is 2.22. The zero-order valence-corrected chi connectivity index (χ0v) is 9.95. The van der Waals surface area contributed by atoms with E-state index >= 15 is 0 Å². The second kappa shape index (κ2) is 5.51. The summed E-state index contributed by atoms with van der Waals surface area (Å²) in [7, 11) is 0. The molecule has 0 aliphatic heterocycles. The number of nitrogens with one attached hydrogen (secondary N) is 1. The van der Waals surface area contributed by atoms with Crippen molar-refractivity contribution in [1.29, 1.82) is 0 Å². The minimum Gasteiger partial charge on any atom is -0.410 e. The first-order valence-electron chi connectivity index (χ1n) is 5.14. The van der Waals surface area contributed by atoms with Gasteiger partial charge in [-0.25, -0.2) is 9.18 Å². The molecule has 1 amide bonds. The highest BCUT2D eigenvalue weighted by molar-refractivity contribution is 6.33. The first-order valence-corrected chi connectivity index (χ1v) is 5.52. The van der Waals surface area contributed by atoms with Gasteiger partial charge in [-0.1, -0.05) is 29.8 Å². The number of ether oxygens (including phenoxy) is 1. The molecule has 0 fully saturated rings. The van der Waals surface area contributed by atoms with Crippen LogP contribution in [0.3, 0.4) is 0 Å². The number of benzene rings is 2. The molecule has 0 aromatic heterocycles. The van der Waals surface area contributed by atoms with Crippen LogP contribution < -0.4 is 10.1 Å². The minimum absolute atomic E-state index is 0.111. The van der Waals surface area contributed by atoms with Gasteiger partial charge in [0.05, 0.1) is 10.7 Å². The standard InChI is InChI=1S/C13H9ClFNO2/c14-11-8-9(15)6-7-12(11)16-13(17)18-10-4-2-1-3-5-10/h1-8H,(H,16,17). The molecule has 2 aromatic carbocycles. The Balaban J connectivity index is 2.03. The number of para-hydroxylation sites is 1. The fraction of sp³-hybridized carbons (Fsp3) is 0. The van der Waals surface area contributed by atoms with E-state index in [0.29, 0.717) is 11.4 Å². The van der Waals surface area contributed by atoms with Gasteiger partial charge >= 0.3 is 6.09 Å². The molecule has 0 unspecified atom stereocenters. The third-order valence-corrected chi connectivity index (χ3v) is 2.43. The SMILES string of the molecule is O=C(Nc1ccc(F)cc1Cl)Oc1ccccc1. The first-order chi connectivity index (χ1) is 8.65. The van der Waals surface area contributed by atoms with Crippen molar-refractivity contribution in [2.75, 3.05) is 5.32 Å². The number of rotatable bonds is 2. The molecular weight excluding hydrogens is 257 g/mol. The van der Waals surface area contributed by atoms with Gasteiger partial charge in [-0.15, -0.1) is 0 Å². The summed E-state index contributed by atoms with van der Waals surface area (Å²) in [6, 6.07) is 12.3. The van der Waals surface area contributed by atoms with Crippen molar-refractivity contribution < 1.29 is 13.9 Å². The van der Waals surface area contributed by atoms with Crippen LogP contribution in [0.5, 0.6) is 5.75 Å². The van der Waals surface area contributed by atoms with E-state index in [0.717, 1.165) is 6.07 Å². The van der Waals surface area contributed by atoms with Crippen LogP contribution in [-0.4, -0.2) is 6.09 Å². The fourth-order valence-corrected chi connectivity index (χ4v) is 1.54. The molecule has 0 saturated carbocycles. The predicted molar refractivity (Wildman–Crippen MR) is 67.5 cm³/mol. The monoisotopic (exact) mass is 265 g/mol. The molecule has 0 atom stereocenters. The number of hydrogen-bond acceptors (Lipinski definition) is 2. The van der Waals surface area contributed by atoms with Crippen LogP contribution in [0.4, 0.5) is 14.9 Å². The molecular formula is C13H9ClFNO2. The predicted octanol–water partition coefficient (Wildman–Crippen LogP) is 4.09. The van der Waals surface area contributed by atoms with Crippen molar-refractivity contribution in [3.8, 4) is 5.75 Å². The van der Waals surface area contributed by atoms with Crippen molar-refractivity contribution in [2.45, 2.75) is 0 Å². The van der Waals surface area contributed by atoms with E-state index in [1.807, 2.05) is 6.07 Å². The number of anilines is 1. The molecule has 18 heavy (non-hydrogen) atoms. The van der Waals surface area contributed by atoms with E-state index in [1.54, 1.807) is 24.3 Å². The van der Waals surface area contributed by atoms with E-state index in [2.05, 4.69) is 5.32 Å². The third kappa shape index (κ3) is 3.21. The van der Waals surface area contributed by atoms with Crippen LogP contribution in [0.1, 0.15) is 0 Å². The topological polar surface area (TPSA) is 38.3 Å². The van der Waals surface area contributed by atoms with E-state index in [-0.39, 0.29) is 5.02 Å².